The third-order valence-corrected chi connectivity index (χ3v) is 2.98. The van der Waals surface area contributed by atoms with Crippen LogP contribution < -0.4 is 10.5 Å². The van der Waals surface area contributed by atoms with Crippen molar-refractivity contribution < 1.29 is 14.3 Å². The van der Waals surface area contributed by atoms with E-state index in [0.717, 1.165) is 5.56 Å². The zero-order chi connectivity index (χ0) is 15.3. The van der Waals surface area contributed by atoms with Crippen LogP contribution in [0.1, 0.15) is 5.56 Å². The summed E-state index contributed by atoms with van der Waals surface area (Å²) in [5, 5.41) is 0.437. The Balaban J connectivity index is 2.59. The highest BCUT2D eigenvalue weighted by Crippen LogP contribution is 2.27. The maximum atomic E-state index is 11.6. The van der Waals surface area contributed by atoms with Crippen LogP contribution in [0, 0.1) is 0 Å². The highest BCUT2D eigenvalue weighted by Gasteiger charge is 2.24. The Bertz CT molecular complexity index is 476. The first kappa shape index (κ1) is 17.7. The lowest BCUT2D eigenvalue weighted by atomic mass is 10.1. The standard InChI is InChI=1S/C12H13Cl4NO3/c1-19-10-3-2-7(4-8(10)13)5-9(17)11(18)20-6-12(14,15)16/h2-4,9H,5-6,17H2,1H3/t9-/m1/s1. The van der Waals surface area contributed by atoms with E-state index in [4.69, 9.17) is 61.6 Å². The minimum atomic E-state index is -1.65. The molecule has 0 saturated heterocycles. The second kappa shape index (κ2) is 7.57. The number of hydrogen-bond acceptors (Lipinski definition) is 4. The van der Waals surface area contributed by atoms with Gasteiger partial charge in [0.25, 0.3) is 0 Å². The van der Waals surface area contributed by atoms with Crippen molar-refractivity contribution in [2.24, 2.45) is 5.73 Å². The van der Waals surface area contributed by atoms with E-state index < -0.39 is 15.8 Å². The van der Waals surface area contributed by atoms with Gasteiger partial charge in [-0.2, -0.15) is 0 Å². The SMILES string of the molecule is COc1ccc(C[C@@H](N)C(=O)OCC(Cl)(Cl)Cl)cc1Cl. The molecule has 0 aliphatic heterocycles. The molecule has 4 nitrogen and oxygen atoms in total. The number of hydrogen-bond donors (Lipinski definition) is 1. The summed E-state index contributed by atoms with van der Waals surface area (Å²) in [5.74, 6) is -0.106. The van der Waals surface area contributed by atoms with E-state index in [1.165, 1.54) is 7.11 Å². The molecule has 2 N–H and O–H groups in total. The zero-order valence-electron chi connectivity index (χ0n) is 10.5. The van der Waals surface area contributed by atoms with E-state index in [1.807, 2.05) is 0 Å². The molecule has 0 fully saturated rings. The fourth-order valence-corrected chi connectivity index (χ4v) is 1.88. The Morgan fingerprint density at radius 2 is 2.05 bits per heavy atom. The van der Waals surface area contributed by atoms with Crippen LogP contribution in [-0.4, -0.2) is 29.5 Å². The van der Waals surface area contributed by atoms with Gasteiger partial charge in [0, 0.05) is 0 Å². The molecule has 1 atom stereocenters. The third-order valence-electron chi connectivity index (χ3n) is 2.35. The lowest BCUT2D eigenvalue weighted by Crippen LogP contribution is -2.36. The quantitative estimate of drug-likeness (QED) is 0.647. The average molecular weight is 361 g/mol. The maximum absolute atomic E-state index is 11.6. The summed E-state index contributed by atoms with van der Waals surface area (Å²) in [5.41, 5.74) is 6.49. The molecule has 0 spiro atoms. The Labute approximate surface area is 137 Å². The van der Waals surface area contributed by atoms with Crippen molar-refractivity contribution in [1.29, 1.82) is 0 Å². The van der Waals surface area contributed by atoms with Crippen LogP contribution in [0.25, 0.3) is 0 Å². The Morgan fingerprint density at radius 1 is 1.40 bits per heavy atom. The lowest BCUT2D eigenvalue weighted by Gasteiger charge is -2.15. The summed E-state index contributed by atoms with van der Waals surface area (Å²) in [4.78, 5) is 11.6. The van der Waals surface area contributed by atoms with Crippen LogP contribution in [0.2, 0.25) is 5.02 Å². The molecular weight excluding hydrogens is 348 g/mol. The van der Waals surface area contributed by atoms with Crippen LogP contribution in [0.5, 0.6) is 5.75 Å². The molecule has 0 saturated carbocycles. The average Bonchev–Trinajstić information content (AvgIpc) is 2.35. The molecular formula is C12H13Cl4NO3. The Kier molecular flexibility index (Phi) is 6.69. The van der Waals surface area contributed by atoms with Gasteiger partial charge in [0.05, 0.1) is 12.1 Å². The topological polar surface area (TPSA) is 61.5 Å². The predicted molar refractivity (Wildman–Crippen MR) is 80.9 cm³/mol. The van der Waals surface area contributed by atoms with Crippen LogP contribution in [0.15, 0.2) is 18.2 Å². The normalized spacial score (nSPS) is 12.9. The second-order valence-corrected chi connectivity index (χ2v) is 6.93. The molecule has 0 unspecified atom stereocenters. The third kappa shape index (κ3) is 5.94. The molecule has 0 aliphatic rings. The number of ether oxygens (including phenoxy) is 2. The molecule has 20 heavy (non-hydrogen) atoms. The molecule has 0 amide bonds. The van der Waals surface area contributed by atoms with Crippen molar-refractivity contribution >= 4 is 52.4 Å². The highest BCUT2D eigenvalue weighted by atomic mass is 35.6. The van der Waals surface area contributed by atoms with Gasteiger partial charge in [-0.25, -0.2) is 0 Å². The molecule has 0 aliphatic carbocycles. The van der Waals surface area contributed by atoms with Gasteiger partial charge in [0.2, 0.25) is 3.79 Å². The van der Waals surface area contributed by atoms with Crippen molar-refractivity contribution in [3.63, 3.8) is 0 Å². The predicted octanol–water partition coefficient (Wildman–Crippen LogP) is 3.13. The molecule has 0 heterocycles. The van der Waals surface area contributed by atoms with E-state index in [2.05, 4.69) is 0 Å². The summed E-state index contributed by atoms with van der Waals surface area (Å²) in [6, 6.07) is 4.25. The number of halogens is 4. The molecule has 112 valence electrons. The molecule has 8 heteroatoms. The first-order valence-electron chi connectivity index (χ1n) is 5.54. The van der Waals surface area contributed by atoms with Crippen LogP contribution in [0.4, 0.5) is 0 Å². The smallest absolute Gasteiger partial charge is 0.323 e. The van der Waals surface area contributed by atoms with Crippen molar-refractivity contribution in [3.05, 3.63) is 28.8 Å². The number of esters is 1. The highest BCUT2D eigenvalue weighted by molar-refractivity contribution is 6.67. The number of methoxy groups -OCH3 is 1. The first-order valence-corrected chi connectivity index (χ1v) is 7.05. The number of rotatable bonds is 5. The summed E-state index contributed by atoms with van der Waals surface area (Å²) >= 11 is 22.4. The first-order chi connectivity index (χ1) is 9.23. The minimum Gasteiger partial charge on any atom is -0.495 e. The molecule has 1 aromatic carbocycles. The van der Waals surface area contributed by atoms with Crippen LogP contribution >= 0.6 is 46.4 Å². The van der Waals surface area contributed by atoms with Gasteiger partial charge in [-0.15, -0.1) is 0 Å². The number of benzene rings is 1. The van der Waals surface area contributed by atoms with Crippen molar-refractivity contribution in [1.82, 2.24) is 0 Å². The largest absolute Gasteiger partial charge is 0.495 e. The van der Waals surface area contributed by atoms with Gasteiger partial charge < -0.3 is 15.2 Å². The van der Waals surface area contributed by atoms with Crippen molar-refractivity contribution in [2.75, 3.05) is 13.7 Å². The molecule has 0 radical (unpaired) electrons. The van der Waals surface area contributed by atoms with Gasteiger partial charge in [0.1, 0.15) is 18.4 Å². The summed E-state index contributed by atoms with van der Waals surface area (Å²) in [7, 11) is 1.51. The zero-order valence-corrected chi connectivity index (χ0v) is 13.6. The minimum absolute atomic E-state index is 0.252. The van der Waals surface area contributed by atoms with E-state index >= 15 is 0 Å². The van der Waals surface area contributed by atoms with Gasteiger partial charge in [0.15, 0.2) is 0 Å². The molecule has 0 aromatic heterocycles. The fourth-order valence-electron chi connectivity index (χ4n) is 1.43. The number of nitrogens with two attached hydrogens (primary N) is 1. The van der Waals surface area contributed by atoms with Crippen LogP contribution in [0.3, 0.4) is 0 Å². The number of alkyl halides is 3. The summed E-state index contributed by atoms with van der Waals surface area (Å²) in [6.07, 6.45) is 0.252. The fraction of sp³-hybridized carbons (Fsp3) is 0.417. The van der Waals surface area contributed by atoms with E-state index in [-0.39, 0.29) is 13.0 Å². The van der Waals surface area contributed by atoms with Gasteiger partial charge in [-0.05, 0) is 24.1 Å². The van der Waals surface area contributed by atoms with E-state index in [1.54, 1.807) is 18.2 Å². The lowest BCUT2D eigenvalue weighted by molar-refractivity contribution is -0.145. The van der Waals surface area contributed by atoms with E-state index in [9.17, 15) is 4.79 Å². The molecule has 1 aromatic rings. The number of carbonyl (C=O) groups excluding carboxylic acids is 1. The molecule has 1 rings (SSSR count). The maximum Gasteiger partial charge on any atom is 0.323 e. The van der Waals surface area contributed by atoms with Crippen molar-refractivity contribution in [2.45, 2.75) is 16.3 Å². The monoisotopic (exact) mass is 359 g/mol. The Morgan fingerprint density at radius 3 is 2.55 bits per heavy atom. The van der Waals surface area contributed by atoms with Gasteiger partial charge in [-0.1, -0.05) is 52.5 Å². The second-order valence-electron chi connectivity index (χ2n) is 4.00. The Hall–Kier alpha value is -0.390. The molecule has 0 bridgehead atoms. The summed E-state index contributed by atoms with van der Waals surface area (Å²) in [6.45, 7) is -0.354. The van der Waals surface area contributed by atoms with Crippen LogP contribution in [-0.2, 0) is 16.0 Å². The van der Waals surface area contributed by atoms with Gasteiger partial charge >= 0.3 is 5.97 Å². The number of carbonyl (C=O) groups is 1. The van der Waals surface area contributed by atoms with Crippen molar-refractivity contribution in [3.8, 4) is 5.75 Å². The van der Waals surface area contributed by atoms with Gasteiger partial charge in [-0.3, -0.25) is 4.79 Å². The van der Waals surface area contributed by atoms with E-state index in [0.29, 0.717) is 10.8 Å². The summed E-state index contributed by atoms with van der Waals surface area (Å²) < 4.78 is 8.17.